The summed E-state index contributed by atoms with van der Waals surface area (Å²) in [5.41, 5.74) is -1.75. The van der Waals surface area contributed by atoms with Crippen LogP contribution in [0.25, 0.3) is 11.5 Å². The molecule has 0 atom stereocenters. The van der Waals surface area contributed by atoms with Crippen LogP contribution < -0.4 is 9.47 Å². The van der Waals surface area contributed by atoms with Gasteiger partial charge in [-0.3, -0.25) is 15.1 Å². The summed E-state index contributed by atoms with van der Waals surface area (Å²) in [6, 6.07) is 9.87. The largest absolute Gasteiger partial charge is 0.480 e. The molecule has 2 aromatic heterocycles. The summed E-state index contributed by atoms with van der Waals surface area (Å²) in [6.07, 6.45) is -3.75. The summed E-state index contributed by atoms with van der Waals surface area (Å²) >= 11 is 0. The van der Waals surface area contributed by atoms with Crippen molar-refractivity contribution >= 4 is 5.69 Å². The van der Waals surface area contributed by atoms with Crippen molar-refractivity contribution in [3.05, 3.63) is 64.3 Å². The van der Waals surface area contributed by atoms with Gasteiger partial charge >= 0.3 is 6.18 Å². The first-order valence-electron chi connectivity index (χ1n) is 7.66. The number of pyridine rings is 1. The number of aromatic nitrogens is 3. The molecule has 28 heavy (non-hydrogen) atoms. The van der Waals surface area contributed by atoms with Gasteiger partial charge in [-0.1, -0.05) is 18.2 Å². The van der Waals surface area contributed by atoms with Gasteiger partial charge in [-0.25, -0.2) is 0 Å². The van der Waals surface area contributed by atoms with Crippen LogP contribution in [0.5, 0.6) is 17.5 Å². The van der Waals surface area contributed by atoms with E-state index >= 15 is 0 Å². The van der Waals surface area contributed by atoms with Crippen LogP contribution in [0.3, 0.4) is 0 Å². The zero-order valence-corrected chi connectivity index (χ0v) is 14.2. The molecule has 2 heterocycles. The number of para-hydroxylation sites is 1. The molecule has 0 fully saturated rings. The van der Waals surface area contributed by atoms with E-state index in [0.29, 0.717) is 0 Å². The lowest BCUT2D eigenvalue weighted by atomic mass is 10.2. The highest BCUT2D eigenvalue weighted by atomic mass is 19.4. The minimum Gasteiger partial charge on any atom is -0.480 e. The van der Waals surface area contributed by atoms with E-state index in [4.69, 9.17) is 9.47 Å². The Morgan fingerprint density at radius 1 is 1.07 bits per heavy atom. The van der Waals surface area contributed by atoms with Gasteiger partial charge in [-0.15, -0.1) is 0 Å². The van der Waals surface area contributed by atoms with Crippen molar-refractivity contribution in [1.82, 2.24) is 15.0 Å². The van der Waals surface area contributed by atoms with Gasteiger partial charge in [0.2, 0.25) is 11.8 Å². The Morgan fingerprint density at radius 2 is 1.75 bits per heavy atom. The molecular weight excluding hydrogens is 381 g/mol. The van der Waals surface area contributed by atoms with Crippen molar-refractivity contribution in [3.8, 4) is 29.0 Å². The van der Waals surface area contributed by atoms with E-state index in [2.05, 4.69) is 15.0 Å². The second-order valence-corrected chi connectivity index (χ2v) is 5.31. The van der Waals surface area contributed by atoms with Crippen LogP contribution in [-0.4, -0.2) is 27.0 Å². The number of hydrogen-bond acceptors (Lipinski definition) is 7. The number of ether oxygens (including phenoxy) is 2. The lowest BCUT2D eigenvalue weighted by molar-refractivity contribution is -0.384. The van der Waals surface area contributed by atoms with Crippen molar-refractivity contribution in [2.45, 2.75) is 6.18 Å². The molecule has 0 saturated heterocycles. The zero-order valence-electron chi connectivity index (χ0n) is 14.2. The second-order valence-electron chi connectivity index (χ2n) is 5.31. The Balaban J connectivity index is 2.19. The molecule has 8 nitrogen and oxygen atoms in total. The molecule has 3 rings (SSSR count). The number of nitrogens with zero attached hydrogens (tertiary/aromatic N) is 4. The fourth-order valence-corrected chi connectivity index (χ4v) is 2.25. The predicted octanol–water partition coefficient (Wildman–Crippen LogP) is 4.27. The van der Waals surface area contributed by atoms with Crippen molar-refractivity contribution in [2.24, 2.45) is 0 Å². The van der Waals surface area contributed by atoms with Crippen LogP contribution in [0.2, 0.25) is 0 Å². The van der Waals surface area contributed by atoms with Crippen molar-refractivity contribution in [2.75, 3.05) is 7.11 Å². The highest BCUT2D eigenvalue weighted by Gasteiger charge is 2.41. The van der Waals surface area contributed by atoms with Gasteiger partial charge in [0.1, 0.15) is 11.4 Å². The number of alkyl halides is 3. The number of halogens is 3. The Bertz CT molecular complexity index is 1010. The predicted molar refractivity (Wildman–Crippen MR) is 90.0 cm³/mol. The van der Waals surface area contributed by atoms with Gasteiger partial charge in [0, 0.05) is 18.3 Å². The van der Waals surface area contributed by atoms with Gasteiger partial charge in [0.15, 0.2) is 11.4 Å². The smallest absolute Gasteiger partial charge is 0.426 e. The molecule has 0 radical (unpaired) electrons. The van der Waals surface area contributed by atoms with Gasteiger partial charge in [0.05, 0.1) is 12.0 Å². The minimum atomic E-state index is -4.87. The first-order valence-corrected chi connectivity index (χ1v) is 7.66. The molecule has 0 saturated carbocycles. The molecule has 0 bridgehead atoms. The van der Waals surface area contributed by atoms with Crippen molar-refractivity contribution in [3.63, 3.8) is 0 Å². The van der Waals surface area contributed by atoms with E-state index in [1.54, 1.807) is 18.2 Å². The average molecular weight is 392 g/mol. The third kappa shape index (κ3) is 3.98. The number of hydrogen-bond donors (Lipinski definition) is 0. The molecule has 0 amide bonds. The highest BCUT2D eigenvalue weighted by molar-refractivity contribution is 5.57. The van der Waals surface area contributed by atoms with E-state index in [1.807, 2.05) is 0 Å². The van der Waals surface area contributed by atoms with E-state index in [1.165, 1.54) is 12.1 Å². The Kier molecular flexibility index (Phi) is 5.07. The third-order valence-corrected chi connectivity index (χ3v) is 3.46. The quantitative estimate of drug-likeness (QED) is 0.472. The maximum atomic E-state index is 13.6. The first kappa shape index (κ1) is 19.0. The average Bonchev–Trinajstić information content (AvgIpc) is 2.67. The number of benzene rings is 1. The molecule has 0 aliphatic carbocycles. The van der Waals surface area contributed by atoms with Gasteiger partial charge in [-0.05, 0) is 12.1 Å². The van der Waals surface area contributed by atoms with E-state index < -0.39 is 28.4 Å². The summed E-state index contributed by atoms with van der Waals surface area (Å²) < 4.78 is 50.8. The van der Waals surface area contributed by atoms with Gasteiger partial charge < -0.3 is 9.47 Å². The normalized spacial score (nSPS) is 11.1. The van der Waals surface area contributed by atoms with Crippen LogP contribution in [0.4, 0.5) is 18.9 Å². The molecular formula is C17H11F3N4O4. The monoisotopic (exact) mass is 392 g/mol. The number of rotatable bonds is 5. The molecule has 0 unspecified atom stereocenters. The van der Waals surface area contributed by atoms with Gasteiger partial charge in [0.25, 0.3) is 5.69 Å². The standard InChI is InChI=1S/C17H11F3N4O4/c1-27-15-13(17(18,19)20)16(28-11-5-3-2-4-6-11)23-14(22-15)12-9-10(24(25)26)7-8-21-12/h2-9H,1H3. The van der Waals surface area contributed by atoms with E-state index in [9.17, 15) is 23.3 Å². The van der Waals surface area contributed by atoms with Gasteiger partial charge in [-0.2, -0.15) is 23.1 Å². The Hall–Kier alpha value is -3.76. The summed E-state index contributed by atoms with van der Waals surface area (Å²) in [7, 11) is 1.01. The summed E-state index contributed by atoms with van der Waals surface area (Å²) in [5, 5.41) is 10.9. The molecule has 0 aliphatic rings. The molecule has 11 heteroatoms. The van der Waals surface area contributed by atoms with Crippen LogP contribution in [0.1, 0.15) is 5.56 Å². The third-order valence-electron chi connectivity index (χ3n) is 3.46. The van der Waals surface area contributed by atoms with Crippen LogP contribution in [0.15, 0.2) is 48.7 Å². The topological polar surface area (TPSA) is 100 Å². The molecule has 0 N–H and O–H groups in total. The zero-order chi connectivity index (χ0) is 20.3. The number of methoxy groups -OCH3 is 1. The molecule has 3 aromatic rings. The second kappa shape index (κ2) is 7.47. The fraction of sp³-hybridized carbons (Fsp3) is 0.118. The molecule has 144 valence electrons. The summed E-state index contributed by atoms with van der Waals surface area (Å²) in [6.45, 7) is 0. The molecule has 0 spiro atoms. The minimum absolute atomic E-state index is 0.103. The Morgan fingerprint density at radius 3 is 2.36 bits per heavy atom. The summed E-state index contributed by atoms with van der Waals surface area (Å²) in [4.78, 5) is 21.7. The summed E-state index contributed by atoms with van der Waals surface area (Å²) in [5.74, 6) is -1.82. The van der Waals surface area contributed by atoms with Crippen LogP contribution in [0, 0.1) is 10.1 Å². The fourth-order valence-electron chi connectivity index (χ4n) is 2.25. The lowest BCUT2D eigenvalue weighted by Gasteiger charge is -2.16. The van der Waals surface area contributed by atoms with Crippen LogP contribution in [-0.2, 0) is 6.18 Å². The first-order chi connectivity index (χ1) is 13.3. The van der Waals surface area contributed by atoms with Crippen molar-refractivity contribution < 1.29 is 27.6 Å². The highest BCUT2D eigenvalue weighted by Crippen LogP contribution is 2.43. The van der Waals surface area contributed by atoms with Crippen molar-refractivity contribution in [1.29, 1.82) is 0 Å². The molecule has 1 aromatic carbocycles. The van der Waals surface area contributed by atoms with E-state index in [0.717, 1.165) is 25.4 Å². The molecule has 0 aliphatic heterocycles. The maximum absolute atomic E-state index is 13.6. The maximum Gasteiger partial charge on any atom is 0.426 e. The van der Waals surface area contributed by atoms with E-state index in [-0.39, 0.29) is 23.0 Å². The SMILES string of the molecule is COc1nc(-c2cc([N+](=O)[O-])ccn2)nc(Oc2ccccc2)c1C(F)(F)F. The number of nitro groups is 1. The lowest BCUT2D eigenvalue weighted by Crippen LogP contribution is -2.13. The Labute approximate surface area is 155 Å². The van der Waals surface area contributed by atoms with Crippen LogP contribution >= 0.6 is 0 Å².